The molecular weight excluding hydrogens is 242 g/mol. The molecule has 0 unspecified atom stereocenters. The van der Waals surface area contributed by atoms with Gasteiger partial charge >= 0.3 is 5.97 Å². The zero-order valence-electron chi connectivity index (χ0n) is 10.2. The first-order valence-electron chi connectivity index (χ1n) is 5.99. The highest BCUT2D eigenvalue weighted by atomic mass is 16.5. The van der Waals surface area contributed by atoms with Gasteiger partial charge in [0.25, 0.3) is 0 Å². The summed E-state index contributed by atoms with van der Waals surface area (Å²) in [7, 11) is 0. The van der Waals surface area contributed by atoms with Crippen LogP contribution in [0.3, 0.4) is 0 Å². The highest BCUT2D eigenvalue weighted by molar-refractivity contribution is 6.04. The summed E-state index contributed by atoms with van der Waals surface area (Å²) in [6.45, 7) is -0.0914. The molecule has 0 aliphatic heterocycles. The zero-order chi connectivity index (χ0) is 13.2. The Morgan fingerprint density at radius 3 is 3.11 bits per heavy atom. The number of carbonyl (C=O) groups is 1. The fraction of sp³-hybridized carbons (Fsp3) is 0.143. The average Bonchev–Trinajstić information content (AvgIpc) is 2.81. The Balaban J connectivity index is 2.05. The van der Waals surface area contributed by atoms with Gasteiger partial charge in [-0.05, 0) is 24.3 Å². The lowest BCUT2D eigenvalue weighted by Crippen LogP contribution is -2.14. The number of hydrogen-bond acceptors (Lipinski definition) is 4. The zero-order valence-corrected chi connectivity index (χ0v) is 10.2. The van der Waals surface area contributed by atoms with Crippen LogP contribution in [-0.4, -0.2) is 22.7 Å². The first-order valence-corrected chi connectivity index (χ1v) is 5.99. The molecule has 0 saturated carbocycles. The second kappa shape index (κ2) is 4.70. The van der Waals surface area contributed by atoms with Gasteiger partial charge in [0, 0.05) is 22.7 Å². The number of nitrogens with two attached hydrogens (primary N) is 1. The lowest BCUT2D eigenvalue weighted by molar-refractivity contribution is -0.142. The third kappa shape index (κ3) is 2.15. The Bertz CT molecular complexity index is 749. The van der Waals surface area contributed by atoms with Crippen molar-refractivity contribution in [2.75, 3.05) is 6.73 Å². The topological polar surface area (TPSA) is 81.0 Å². The van der Waals surface area contributed by atoms with E-state index in [1.54, 1.807) is 6.20 Å². The fourth-order valence-corrected chi connectivity index (χ4v) is 2.21. The molecule has 2 heterocycles. The molecule has 0 amide bonds. The maximum atomic E-state index is 11.4. The monoisotopic (exact) mass is 255 g/mol. The first kappa shape index (κ1) is 11.7. The smallest absolute Gasteiger partial charge is 0.313 e. The van der Waals surface area contributed by atoms with Crippen molar-refractivity contribution < 1.29 is 9.53 Å². The van der Waals surface area contributed by atoms with Crippen molar-refractivity contribution in [3.63, 3.8) is 0 Å². The quantitative estimate of drug-likeness (QED) is 0.551. The second-order valence-electron chi connectivity index (χ2n) is 4.25. The molecule has 0 aliphatic rings. The molecule has 0 spiro atoms. The minimum atomic E-state index is -0.337. The number of benzene rings is 1. The molecule has 96 valence electrons. The van der Waals surface area contributed by atoms with Crippen molar-refractivity contribution in [1.82, 2.24) is 9.97 Å². The van der Waals surface area contributed by atoms with Crippen LogP contribution in [-0.2, 0) is 16.0 Å². The van der Waals surface area contributed by atoms with E-state index in [4.69, 9.17) is 10.5 Å². The number of rotatable bonds is 3. The molecule has 2 aromatic heterocycles. The summed E-state index contributed by atoms with van der Waals surface area (Å²) < 4.78 is 4.74. The molecule has 1 aromatic carbocycles. The predicted molar refractivity (Wildman–Crippen MR) is 72.5 cm³/mol. The first-order chi connectivity index (χ1) is 9.28. The summed E-state index contributed by atoms with van der Waals surface area (Å²) >= 11 is 0. The largest absolute Gasteiger partial charge is 0.450 e. The standard InChI is InChI=1S/C14H13N3O2/c15-8-19-13(18)7-10-6-9-3-4-12-11(14(9)17-10)2-1-5-16-12/h1-6,17H,7-8,15H2. The van der Waals surface area contributed by atoms with Gasteiger partial charge in [-0.3, -0.25) is 15.5 Å². The summed E-state index contributed by atoms with van der Waals surface area (Å²) in [5, 5.41) is 2.09. The van der Waals surface area contributed by atoms with Gasteiger partial charge in [0.15, 0.2) is 0 Å². The number of aromatic amines is 1. The van der Waals surface area contributed by atoms with Gasteiger partial charge < -0.3 is 9.72 Å². The minimum absolute atomic E-state index is 0.0914. The van der Waals surface area contributed by atoms with E-state index in [2.05, 4.69) is 9.97 Å². The number of carbonyl (C=O) groups excluding carboxylic acids is 1. The maximum absolute atomic E-state index is 11.4. The average molecular weight is 255 g/mol. The predicted octanol–water partition coefficient (Wildman–Crippen LogP) is 1.72. The van der Waals surface area contributed by atoms with Crippen molar-refractivity contribution in [1.29, 1.82) is 0 Å². The van der Waals surface area contributed by atoms with Gasteiger partial charge in [-0.25, -0.2) is 0 Å². The Morgan fingerprint density at radius 2 is 2.26 bits per heavy atom. The molecular formula is C14H13N3O2. The maximum Gasteiger partial charge on any atom is 0.313 e. The van der Waals surface area contributed by atoms with Crippen molar-refractivity contribution in [2.45, 2.75) is 6.42 Å². The Morgan fingerprint density at radius 1 is 1.37 bits per heavy atom. The molecule has 0 bridgehead atoms. The van der Waals surface area contributed by atoms with Gasteiger partial charge in [-0.15, -0.1) is 0 Å². The van der Waals surface area contributed by atoms with Gasteiger partial charge in [0.2, 0.25) is 0 Å². The molecule has 0 fully saturated rings. The molecule has 5 nitrogen and oxygen atoms in total. The van der Waals surface area contributed by atoms with Crippen molar-refractivity contribution >= 4 is 27.8 Å². The van der Waals surface area contributed by atoms with E-state index in [9.17, 15) is 4.79 Å². The molecule has 3 aromatic rings. The van der Waals surface area contributed by atoms with Crippen LogP contribution < -0.4 is 5.73 Å². The molecule has 19 heavy (non-hydrogen) atoms. The SMILES string of the molecule is NCOC(=O)Cc1cc2ccc3ncccc3c2[nH]1. The number of ether oxygens (including phenoxy) is 1. The number of aromatic nitrogens is 2. The molecule has 3 N–H and O–H groups in total. The highest BCUT2D eigenvalue weighted by Crippen LogP contribution is 2.24. The molecule has 0 radical (unpaired) electrons. The molecule has 0 saturated heterocycles. The molecule has 5 heteroatoms. The van der Waals surface area contributed by atoms with Crippen LogP contribution in [0.5, 0.6) is 0 Å². The summed E-state index contributed by atoms with van der Waals surface area (Å²) in [6.07, 6.45) is 1.95. The van der Waals surface area contributed by atoms with Crippen molar-refractivity contribution in [2.24, 2.45) is 5.73 Å². The van der Waals surface area contributed by atoms with E-state index < -0.39 is 0 Å². The molecule has 3 rings (SSSR count). The number of H-pyrrole nitrogens is 1. The fourth-order valence-electron chi connectivity index (χ4n) is 2.21. The van der Waals surface area contributed by atoms with E-state index in [1.807, 2.05) is 30.3 Å². The normalized spacial score (nSPS) is 11.0. The number of fused-ring (bicyclic) bond motifs is 3. The van der Waals surface area contributed by atoms with E-state index >= 15 is 0 Å². The molecule has 0 aliphatic carbocycles. The van der Waals surface area contributed by atoms with Crippen molar-refractivity contribution in [3.8, 4) is 0 Å². The Hall–Kier alpha value is -2.40. The minimum Gasteiger partial charge on any atom is -0.450 e. The van der Waals surface area contributed by atoms with E-state index in [0.717, 1.165) is 27.5 Å². The Kier molecular flexibility index (Phi) is 2.89. The summed E-state index contributed by atoms with van der Waals surface area (Å²) in [5.41, 5.74) is 7.89. The summed E-state index contributed by atoms with van der Waals surface area (Å²) in [4.78, 5) is 19.0. The van der Waals surface area contributed by atoms with E-state index in [-0.39, 0.29) is 19.1 Å². The van der Waals surface area contributed by atoms with Gasteiger partial charge in [0.1, 0.15) is 6.73 Å². The van der Waals surface area contributed by atoms with Crippen LogP contribution in [0.2, 0.25) is 0 Å². The summed E-state index contributed by atoms with van der Waals surface area (Å²) in [6, 6.07) is 9.79. The number of hydrogen-bond donors (Lipinski definition) is 2. The van der Waals surface area contributed by atoms with Crippen LogP contribution in [0.15, 0.2) is 36.5 Å². The van der Waals surface area contributed by atoms with Crippen LogP contribution in [0.4, 0.5) is 0 Å². The number of pyridine rings is 1. The van der Waals surface area contributed by atoms with Crippen molar-refractivity contribution in [3.05, 3.63) is 42.2 Å². The summed E-state index contributed by atoms with van der Waals surface area (Å²) in [5.74, 6) is -0.337. The number of esters is 1. The van der Waals surface area contributed by atoms with Crippen LogP contribution in [0.1, 0.15) is 5.69 Å². The molecule has 0 atom stereocenters. The third-order valence-corrected chi connectivity index (χ3v) is 3.01. The van der Waals surface area contributed by atoms with Gasteiger partial charge in [0.05, 0.1) is 17.5 Å². The number of nitrogens with one attached hydrogen (secondary N) is 1. The second-order valence-corrected chi connectivity index (χ2v) is 4.25. The highest BCUT2D eigenvalue weighted by Gasteiger charge is 2.09. The van der Waals surface area contributed by atoms with Gasteiger partial charge in [-0.1, -0.05) is 6.07 Å². The van der Waals surface area contributed by atoms with Crippen LogP contribution in [0.25, 0.3) is 21.8 Å². The van der Waals surface area contributed by atoms with Crippen LogP contribution in [0, 0.1) is 0 Å². The van der Waals surface area contributed by atoms with Gasteiger partial charge in [-0.2, -0.15) is 0 Å². The lowest BCUT2D eigenvalue weighted by Gasteiger charge is -1.99. The third-order valence-electron chi connectivity index (χ3n) is 3.01. The number of nitrogens with zero attached hydrogens (tertiary/aromatic N) is 1. The lowest BCUT2D eigenvalue weighted by atomic mass is 10.1. The van der Waals surface area contributed by atoms with Crippen LogP contribution >= 0.6 is 0 Å². The van der Waals surface area contributed by atoms with E-state index in [1.165, 1.54) is 0 Å². The van der Waals surface area contributed by atoms with E-state index in [0.29, 0.717) is 0 Å². The Labute approximate surface area is 109 Å².